The van der Waals surface area contributed by atoms with Gasteiger partial charge in [-0.1, -0.05) is 18.2 Å². The van der Waals surface area contributed by atoms with Crippen LogP contribution in [0.3, 0.4) is 0 Å². The van der Waals surface area contributed by atoms with Gasteiger partial charge in [0.25, 0.3) is 0 Å². The van der Waals surface area contributed by atoms with E-state index < -0.39 is 0 Å². The van der Waals surface area contributed by atoms with Crippen molar-refractivity contribution >= 4 is 22.6 Å². The molecule has 0 N–H and O–H groups in total. The van der Waals surface area contributed by atoms with Crippen LogP contribution >= 0.6 is 0 Å². The monoisotopic (exact) mass is 201 g/mol. The molecule has 0 amide bonds. The van der Waals surface area contributed by atoms with Gasteiger partial charge in [-0.3, -0.25) is 14.2 Å². The Bertz CT molecular complexity index is 552. The largest absolute Gasteiger partial charge is 0.293 e. The Morgan fingerprint density at radius 3 is 2.40 bits per heavy atom. The molecule has 0 radical (unpaired) electrons. The van der Waals surface area contributed by atoms with E-state index in [0.29, 0.717) is 5.69 Å². The molecule has 76 valence electrons. The minimum Gasteiger partial charge on any atom is -0.293 e. The van der Waals surface area contributed by atoms with E-state index in [9.17, 15) is 9.59 Å². The third-order valence-corrected chi connectivity index (χ3v) is 2.39. The molecule has 0 fully saturated rings. The van der Waals surface area contributed by atoms with Crippen molar-refractivity contribution in [1.29, 1.82) is 0 Å². The lowest BCUT2D eigenvalue weighted by molar-refractivity contribution is 0.0913. The Balaban J connectivity index is 2.86. The summed E-state index contributed by atoms with van der Waals surface area (Å²) >= 11 is 0. The zero-order chi connectivity index (χ0) is 11.0. The highest BCUT2D eigenvalue weighted by atomic mass is 16.2. The molecule has 0 saturated heterocycles. The molecule has 0 saturated carbocycles. The summed E-state index contributed by atoms with van der Waals surface area (Å²) in [5.41, 5.74) is 1.24. The van der Waals surface area contributed by atoms with Crippen molar-refractivity contribution in [3.8, 4) is 0 Å². The average Bonchev–Trinajstić information content (AvgIpc) is 2.56. The third-order valence-electron chi connectivity index (χ3n) is 2.39. The zero-order valence-corrected chi connectivity index (χ0v) is 8.65. The minimum atomic E-state index is -0.138. The first kappa shape index (κ1) is 9.65. The van der Waals surface area contributed by atoms with Crippen LogP contribution < -0.4 is 0 Å². The smallest absolute Gasteiger partial charge is 0.228 e. The number of carbonyl (C=O) groups excluding carboxylic acids is 2. The first-order chi connectivity index (χ1) is 7.11. The predicted molar refractivity (Wildman–Crippen MR) is 58.2 cm³/mol. The third kappa shape index (κ3) is 1.46. The van der Waals surface area contributed by atoms with Crippen LogP contribution in [0.4, 0.5) is 0 Å². The lowest BCUT2D eigenvalue weighted by Gasteiger charge is -2.02. The van der Waals surface area contributed by atoms with Crippen molar-refractivity contribution in [2.24, 2.45) is 0 Å². The fraction of sp³-hybridized carbons (Fsp3) is 0.167. The van der Waals surface area contributed by atoms with E-state index >= 15 is 0 Å². The number of rotatable bonds is 1. The molecule has 1 aromatic carbocycles. The average molecular weight is 201 g/mol. The van der Waals surface area contributed by atoms with Crippen molar-refractivity contribution in [3.63, 3.8) is 0 Å². The van der Waals surface area contributed by atoms with E-state index in [4.69, 9.17) is 0 Å². The van der Waals surface area contributed by atoms with Crippen LogP contribution in [0.2, 0.25) is 0 Å². The van der Waals surface area contributed by atoms with Crippen molar-refractivity contribution in [2.75, 3.05) is 0 Å². The van der Waals surface area contributed by atoms with E-state index in [1.54, 1.807) is 6.07 Å². The summed E-state index contributed by atoms with van der Waals surface area (Å²) in [6, 6.07) is 9.21. The van der Waals surface area contributed by atoms with Gasteiger partial charge in [0.05, 0.1) is 11.2 Å². The van der Waals surface area contributed by atoms with Gasteiger partial charge in [0, 0.05) is 19.2 Å². The molecule has 3 heteroatoms. The molecule has 1 aromatic heterocycles. The van der Waals surface area contributed by atoms with Gasteiger partial charge >= 0.3 is 0 Å². The number of para-hydroxylation sites is 1. The first-order valence-electron chi connectivity index (χ1n) is 4.73. The second-order valence-electron chi connectivity index (χ2n) is 3.50. The second kappa shape index (κ2) is 3.35. The SMILES string of the molecule is CC(=O)c1cc2ccccc2n1C(C)=O. The van der Waals surface area contributed by atoms with Gasteiger partial charge < -0.3 is 0 Å². The number of aromatic nitrogens is 1. The summed E-state index contributed by atoms with van der Waals surface area (Å²) in [7, 11) is 0. The topological polar surface area (TPSA) is 39.1 Å². The fourth-order valence-corrected chi connectivity index (χ4v) is 1.75. The Morgan fingerprint density at radius 2 is 1.80 bits per heavy atom. The number of hydrogen-bond acceptors (Lipinski definition) is 2. The van der Waals surface area contributed by atoms with Crippen LogP contribution in [-0.4, -0.2) is 16.3 Å². The van der Waals surface area contributed by atoms with Gasteiger partial charge in [0.15, 0.2) is 5.78 Å². The Labute approximate surface area is 87.3 Å². The first-order valence-corrected chi connectivity index (χ1v) is 4.73. The summed E-state index contributed by atoms with van der Waals surface area (Å²) in [6.07, 6.45) is 0. The molecule has 0 atom stereocenters. The number of hydrogen-bond donors (Lipinski definition) is 0. The summed E-state index contributed by atoms with van der Waals surface area (Å²) in [4.78, 5) is 22.8. The number of benzene rings is 1. The summed E-state index contributed by atoms with van der Waals surface area (Å²) in [5.74, 6) is -0.234. The molecule has 0 bridgehead atoms. The molecule has 0 spiro atoms. The standard InChI is InChI=1S/C12H11NO2/c1-8(14)12-7-10-5-3-4-6-11(10)13(12)9(2)15/h3-7H,1-2H3. The van der Waals surface area contributed by atoms with Crippen molar-refractivity contribution in [2.45, 2.75) is 13.8 Å². The normalized spacial score (nSPS) is 10.5. The van der Waals surface area contributed by atoms with Gasteiger partial charge in [0.1, 0.15) is 0 Å². The van der Waals surface area contributed by atoms with E-state index in [2.05, 4.69) is 0 Å². The summed E-state index contributed by atoms with van der Waals surface area (Å²) in [6.45, 7) is 2.92. The maximum absolute atomic E-state index is 11.5. The molecule has 0 aliphatic rings. The maximum Gasteiger partial charge on any atom is 0.228 e. The van der Waals surface area contributed by atoms with Gasteiger partial charge in [-0.2, -0.15) is 0 Å². The number of fused-ring (bicyclic) bond motifs is 1. The van der Waals surface area contributed by atoms with Crippen LogP contribution in [0.1, 0.15) is 29.1 Å². The van der Waals surface area contributed by atoms with Gasteiger partial charge in [-0.25, -0.2) is 0 Å². The molecule has 15 heavy (non-hydrogen) atoms. The zero-order valence-electron chi connectivity index (χ0n) is 8.65. The molecule has 1 heterocycles. The Kier molecular flexibility index (Phi) is 2.15. The van der Waals surface area contributed by atoms with Gasteiger partial charge in [0.2, 0.25) is 5.91 Å². The van der Waals surface area contributed by atoms with Crippen LogP contribution in [0, 0.1) is 0 Å². The Hall–Kier alpha value is -1.90. The number of ketones is 1. The minimum absolute atomic E-state index is 0.0959. The lowest BCUT2D eigenvalue weighted by atomic mass is 10.2. The van der Waals surface area contributed by atoms with E-state index in [-0.39, 0.29) is 11.7 Å². The van der Waals surface area contributed by atoms with Crippen molar-refractivity contribution in [1.82, 2.24) is 4.57 Å². The van der Waals surface area contributed by atoms with Crippen LogP contribution in [-0.2, 0) is 0 Å². The highest BCUT2D eigenvalue weighted by molar-refractivity contribution is 6.04. The quantitative estimate of drug-likeness (QED) is 0.665. The summed E-state index contributed by atoms with van der Waals surface area (Å²) < 4.78 is 1.46. The molecule has 0 aliphatic heterocycles. The second-order valence-corrected chi connectivity index (χ2v) is 3.50. The predicted octanol–water partition coefficient (Wildman–Crippen LogP) is 2.50. The molecule has 2 aromatic rings. The molecular formula is C12H11NO2. The number of carbonyl (C=O) groups is 2. The van der Waals surface area contributed by atoms with Crippen molar-refractivity contribution < 1.29 is 9.59 Å². The molecular weight excluding hydrogens is 190 g/mol. The van der Waals surface area contributed by atoms with Crippen LogP contribution in [0.5, 0.6) is 0 Å². The van der Waals surface area contributed by atoms with E-state index in [1.807, 2.05) is 24.3 Å². The van der Waals surface area contributed by atoms with Crippen LogP contribution in [0.25, 0.3) is 10.9 Å². The molecule has 2 rings (SSSR count). The van der Waals surface area contributed by atoms with Gasteiger partial charge in [-0.05, 0) is 12.1 Å². The molecule has 0 unspecified atom stereocenters. The highest BCUT2D eigenvalue weighted by Crippen LogP contribution is 2.19. The van der Waals surface area contributed by atoms with E-state index in [1.165, 1.54) is 18.4 Å². The molecule has 0 aliphatic carbocycles. The summed E-state index contributed by atoms with van der Waals surface area (Å²) in [5, 5.41) is 0.915. The lowest BCUT2D eigenvalue weighted by Crippen LogP contribution is -2.11. The Morgan fingerprint density at radius 1 is 1.13 bits per heavy atom. The van der Waals surface area contributed by atoms with E-state index in [0.717, 1.165) is 10.9 Å². The van der Waals surface area contributed by atoms with Crippen LogP contribution in [0.15, 0.2) is 30.3 Å². The fourth-order valence-electron chi connectivity index (χ4n) is 1.75. The number of Topliss-reactive ketones (excluding diaryl/α,β-unsaturated/α-hetero) is 1. The molecule has 3 nitrogen and oxygen atoms in total. The number of nitrogens with zero attached hydrogens (tertiary/aromatic N) is 1. The van der Waals surface area contributed by atoms with Crippen molar-refractivity contribution in [3.05, 3.63) is 36.0 Å². The van der Waals surface area contributed by atoms with Gasteiger partial charge in [-0.15, -0.1) is 0 Å². The maximum atomic E-state index is 11.5. The highest BCUT2D eigenvalue weighted by Gasteiger charge is 2.14.